The largest absolute Gasteiger partial charge is 0.481 e. The Bertz CT molecular complexity index is 575. The first-order valence-electron chi connectivity index (χ1n) is 5.83. The number of fused-ring (bicyclic) bond motifs is 1. The van der Waals surface area contributed by atoms with Gasteiger partial charge in [-0.15, -0.1) is 0 Å². The first-order chi connectivity index (χ1) is 8.59. The van der Waals surface area contributed by atoms with E-state index in [0.29, 0.717) is 23.1 Å². The summed E-state index contributed by atoms with van der Waals surface area (Å²) in [6.07, 6.45) is 0.195. The van der Waals surface area contributed by atoms with Crippen molar-refractivity contribution in [3.8, 4) is 0 Å². The third-order valence-electron chi connectivity index (χ3n) is 3.37. The van der Waals surface area contributed by atoms with Crippen LogP contribution in [0.25, 0.3) is 0 Å². The van der Waals surface area contributed by atoms with E-state index in [1.54, 1.807) is 24.3 Å². The van der Waals surface area contributed by atoms with Gasteiger partial charge in [0, 0.05) is 17.5 Å². The van der Waals surface area contributed by atoms with Gasteiger partial charge in [-0.05, 0) is 12.5 Å². The highest BCUT2D eigenvalue weighted by molar-refractivity contribution is 6.26. The number of allylic oxidation sites excluding steroid dienone is 1. The summed E-state index contributed by atoms with van der Waals surface area (Å²) in [5.74, 6) is -0.0698. The lowest BCUT2D eigenvalue weighted by atomic mass is 9.87. The highest BCUT2D eigenvalue weighted by Gasteiger charge is 2.40. The van der Waals surface area contributed by atoms with Crippen molar-refractivity contribution in [2.24, 2.45) is 0 Å². The average Bonchev–Trinajstić information content (AvgIpc) is 2.81. The van der Waals surface area contributed by atoms with Gasteiger partial charge in [-0.2, -0.15) is 0 Å². The zero-order valence-corrected chi connectivity index (χ0v) is 10.0. The van der Waals surface area contributed by atoms with E-state index >= 15 is 0 Å². The summed E-state index contributed by atoms with van der Waals surface area (Å²) in [6, 6.07) is 6.87. The molecule has 0 saturated heterocycles. The Kier molecular flexibility index (Phi) is 2.23. The highest BCUT2D eigenvalue weighted by Crippen LogP contribution is 2.37. The number of carbonyl (C=O) groups excluding carboxylic acids is 2. The van der Waals surface area contributed by atoms with E-state index in [4.69, 9.17) is 4.74 Å². The molecule has 0 N–H and O–H groups in total. The van der Waals surface area contributed by atoms with Crippen LogP contribution in [0.15, 0.2) is 47.7 Å². The molecular weight excluding hydrogens is 228 g/mol. The Morgan fingerprint density at radius 3 is 2.44 bits per heavy atom. The van der Waals surface area contributed by atoms with Gasteiger partial charge in [0.2, 0.25) is 5.78 Å². The molecule has 0 spiro atoms. The monoisotopic (exact) mass is 240 g/mol. The minimum atomic E-state index is -0.253. The molecule has 0 radical (unpaired) electrons. The summed E-state index contributed by atoms with van der Waals surface area (Å²) in [5, 5.41) is 0. The summed E-state index contributed by atoms with van der Waals surface area (Å²) < 4.78 is 5.58. The van der Waals surface area contributed by atoms with Gasteiger partial charge in [-0.3, -0.25) is 9.59 Å². The molecule has 18 heavy (non-hydrogen) atoms. The lowest BCUT2D eigenvalue weighted by Crippen LogP contribution is -2.19. The molecule has 3 nitrogen and oxygen atoms in total. The topological polar surface area (TPSA) is 43.4 Å². The van der Waals surface area contributed by atoms with Crippen LogP contribution in [0.5, 0.6) is 0 Å². The molecule has 0 bridgehead atoms. The maximum Gasteiger partial charge on any atom is 0.228 e. The van der Waals surface area contributed by atoms with Crippen molar-refractivity contribution in [1.82, 2.24) is 0 Å². The fraction of sp³-hybridized carbons (Fsp3) is 0.200. The first-order valence-corrected chi connectivity index (χ1v) is 5.83. The van der Waals surface area contributed by atoms with Crippen molar-refractivity contribution in [3.05, 3.63) is 58.9 Å². The van der Waals surface area contributed by atoms with Crippen LogP contribution in [0, 0.1) is 0 Å². The lowest BCUT2D eigenvalue weighted by Gasteiger charge is -2.15. The fourth-order valence-corrected chi connectivity index (χ4v) is 2.36. The van der Waals surface area contributed by atoms with Gasteiger partial charge < -0.3 is 4.74 Å². The Labute approximate surface area is 105 Å². The molecule has 1 aliphatic heterocycles. The predicted octanol–water partition coefficient (Wildman–Crippen LogP) is 2.68. The third kappa shape index (κ3) is 1.37. The van der Waals surface area contributed by atoms with Crippen LogP contribution in [0.1, 0.15) is 34.1 Å². The minimum absolute atomic E-state index is 0.0936. The summed E-state index contributed by atoms with van der Waals surface area (Å²) >= 11 is 0. The zero-order chi connectivity index (χ0) is 12.9. The fourth-order valence-electron chi connectivity index (χ4n) is 2.36. The van der Waals surface area contributed by atoms with Gasteiger partial charge in [0.15, 0.2) is 11.5 Å². The molecule has 3 rings (SSSR count). The van der Waals surface area contributed by atoms with E-state index in [0.717, 1.165) is 5.57 Å². The quantitative estimate of drug-likeness (QED) is 0.709. The molecule has 1 heterocycles. The Morgan fingerprint density at radius 2 is 1.83 bits per heavy atom. The molecule has 2 aliphatic rings. The van der Waals surface area contributed by atoms with Gasteiger partial charge in [0.25, 0.3) is 0 Å². The van der Waals surface area contributed by atoms with E-state index in [9.17, 15) is 9.59 Å². The number of hydrogen-bond donors (Lipinski definition) is 0. The van der Waals surface area contributed by atoms with Crippen LogP contribution in [0.3, 0.4) is 0 Å². The van der Waals surface area contributed by atoms with E-state index in [2.05, 4.69) is 6.58 Å². The van der Waals surface area contributed by atoms with Gasteiger partial charge >= 0.3 is 0 Å². The minimum Gasteiger partial charge on any atom is -0.481 e. The first kappa shape index (κ1) is 11.0. The van der Waals surface area contributed by atoms with Crippen LogP contribution in [0.2, 0.25) is 0 Å². The van der Waals surface area contributed by atoms with E-state index in [1.165, 1.54) is 0 Å². The number of Topliss-reactive ketones (excluding diaryl/α,β-unsaturated/α-hetero) is 2. The molecule has 3 heteroatoms. The SMILES string of the molecule is C=C(C)[C@@H]1CC2=C(O1)C(=O)c1ccccc1C2=O. The second-order valence-electron chi connectivity index (χ2n) is 4.67. The number of benzene rings is 1. The normalized spacial score (nSPS) is 21.5. The van der Waals surface area contributed by atoms with Crippen molar-refractivity contribution in [2.75, 3.05) is 0 Å². The molecule has 1 aromatic rings. The van der Waals surface area contributed by atoms with Crippen molar-refractivity contribution in [2.45, 2.75) is 19.4 Å². The molecule has 0 fully saturated rings. The second kappa shape index (κ2) is 3.67. The van der Waals surface area contributed by atoms with Crippen molar-refractivity contribution < 1.29 is 14.3 Å². The van der Waals surface area contributed by atoms with Crippen LogP contribution < -0.4 is 0 Å². The van der Waals surface area contributed by atoms with Crippen molar-refractivity contribution in [3.63, 3.8) is 0 Å². The summed E-state index contributed by atoms with van der Waals surface area (Å²) in [6.45, 7) is 5.66. The zero-order valence-electron chi connectivity index (χ0n) is 10.0. The number of ether oxygens (including phenoxy) is 1. The number of rotatable bonds is 1. The summed E-state index contributed by atoms with van der Waals surface area (Å²) in [5.41, 5.74) is 2.23. The Morgan fingerprint density at radius 1 is 1.22 bits per heavy atom. The summed E-state index contributed by atoms with van der Waals surface area (Å²) in [7, 11) is 0. The predicted molar refractivity (Wildman–Crippen MR) is 66.4 cm³/mol. The molecule has 0 unspecified atom stereocenters. The third-order valence-corrected chi connectivity index (χ3v) is 3.37. The number of carbonyl (C=O) groups is 2. The molecule has 0 aromatic heterocycles. The molecule has 1 atom stereocenters. The van der Waals surface area contributed by atoms with Gasteiger partial charge in [-0.1, -0.05) is 30.8 Å². The van der Waals surface area contributed by atoms with Gasteiger partial charge in [0.05, 0.1) is 5.57 Å². The van der Waals surface area contributed by atoms with Crippen molar-refractivity contribution >= 4 is 11.6 Å². The standard InChI is InChI=1S/C15H12O3/c1-8(2)12-7-11-13(16)9-5-3-4-6-10(9)14(17)15(11)18-12/h3-6,12H,1,7H2,2H3/t12-/m0/s1. The molecule has 1 aliphatic carbocycles. The summed E-state index contributed by atoms with van der Waals surface area (Å²) in [4.78, 5) is 24.5. The molecule has 0 saturated carbocycles. The maximum atomic E-state index is 12.3. The van der Waals surface area contributed by atoms with Crippen LogP contribution in [-0.4, -0.2) is 17.7 Å². The molecule has 90 valence electrons. The lowest BCUT2D eigenvalue weighted by molar-refractivity contribution is 0.0876. The van der Waals surface area contributed by atoms with Gasteiger partial charge in [-0.25, -0.2) is 0 Å². The smallest absolute Gasteiger partial charge is 0.228 e. The Hall–Kier alpha value is -2.16. The highest BCUT2D eigenvalue weighted by atomic mass is 16.5. The molecule has 0 amide bonds. The van der Waals surface area contributed by atoms with Crippen LogP contribution in [0.4, 0.5) is 0 Å². The van der Waals surface area contributed by atoms with E-state index in [1.807, 2.05) is 6.92 Å². The maximum absolute atomic E-state index is 12.3. The van der Waals surface area contributed by atoms with E-state index in [-0.39, 0.29) is 23.4 Å². The molecule has 1 aromatic carbocycles. The van der Waals surface area contributed by atoms with E-state index < -0.39 is 0 Å². The average molecular weight is 240 g/mol. The van der Waals surface area contributed by atoms with Gasteiger partial charge in [0.1, 0.15) is 6.10 Å². The number of hydrogen-bond acceptors (Lipinski definition) is 3. The van der Waals surface area contributed by atoms with Crippen molar-refractivity contribution in [1.29, 1.82) is 0 Å². The molecular formula is C15H12O3. The van der Waals surface area contributed by atoms with Crippen LogP contribution >= 0.6 is 0 Å². The van der Waals surface area contributed by atoms with Crippen LogP contribution in [-0.2, 0) is 4.74 Å². The second-order valence-corrected chi connectivity index (χ2v) is 4.67. The number of ketones is 2. The Balaban J connectivity index is 2.09.